The first-order valence-electron chi connectivity index (χ1n) is 18.7. The summed E-state index contributed by atoms with van der Waals surface area (Å²) in [6.45, 7) is 9.83. The number of aliphatic hydroxyl groups excluding tert-OH is 1. The van der Waals surface area contributed by atoms with Crippen LogP contribution in [0.2, 0.25) is 0 Å². The van der Waals surface area contributed by atoms with Crippen molar-refractivity contribution in [2.45, 2.75) is 103 Å². The lowest BCUT2D eigenvalue weighted by atomic mass is 10.1. The van der Waals surface area contributed by atoms with E-state index in [0.717, 1.165) is 65.1 Å². The van der Waals surface area contributed by atoms with E-state index in [1.165, 1.54) is 93.1 Å². The highest BCUT2D eigenvalue weighted by Gasteiger charge is 2.19. The molecule has 0 aliphatic carbocycles. The number of hydrogen-bond donors (Lipinski definition) is 2. The zero-order valence-corrected chi connectivity index (χ0v) is 29.3. The molecule has 1 fully saturated rings. The van der Waals surface area contributed by atoms with E-state index in [9.17, 15) is 4.79 Å². The van der Waals surface area contributed by atoms with Crippen LogP contribution in [0, 0.1) is 0 Å². The van der Waals surface area contributed by atoms with Crippen molar-refractivity contribution in [2.24, 2.45) is 0 Å². The molecule has 0 amide bonds. The fraction of sp³-hybridized carbons (Fsp3) is 0.585. The van der Waals surface area contributed by atoms with Crippen LogP contribution in [-0.2, 0) is 4.79 Å². The van der Waals surface area contributed by atoms with Crippen LogP contribution in [0.3, 0.4) is 0 Å². The molecule has 4 rings (SSSR count). The molecule has 2 aromatic rings. The first-order valence-corrected chi connectivity index (χ1v) is 18.7. The van der Waals surface area contributed by atoms with Crippen molar-refractivity contribution < 1.29 is 15.0 Å². The SMILES string of the molecule is CCCCCCCC/C=C\CCCCCCCC(=O)O.OCCN1CCN(CCCN2c3ccccc3C=Cc3ccccc32)CC1. The minimum atomic E-state index is -0.664. The second-order valence-corrected chi connectivity index (χ2v) is 13.1. The summed E-state index contributed by atoms with van der Waals surface area (Å²) in [4.78, 5) is 17.7. The predicted molar refractivity (Wildman–Crippen MR) is 200 cm³/mol. The molecular weight excluding hydrogens is 582 g/mol. The van der Waals surface area contributed by atoms with Gasteiger partial charge in [0, 0.05) is 57.1 Å². The highest BCUT2D eigenvalue weighted by atomic mass is 16.4. The molecule has 47 heavy (non-hydrogen) atoms. The third-order valence-corrected chi connectivity index (χ3v) is 9.29. The molecule has 0 spiro atoms. The van der Waals surface area contributed by atoms with E-state index in [1.54, 1.807) is 0 Å². The molecule has 6 nitrogen and oxygen atoms in total. The number of aliphatic hydroxyl groups is 1. The van der Waals surface area contributed by atoms with Gasteiger partial charge in [0.15, 0.2) is 0 Å². The largest absolute Gasteiger partial charge is 0.481 e. The van der Waals surface area contributed by atoms with Crippen molar-refractivity contribution >= 4 is 29.5 Å². The van der Waals surface area contributed by atoms with Crippen molar-refractivity contribution in [3.8, 4) is 0 Å². The Balaban J connectivity index is 0.000000270. The van der Waals surface area contributed by atoms with Gasteiger partial charge in [-0.05, 0) is 68.3 Å². The molecule has 2 aliphatic heterocycles. The summed E-state index contributed by atoms with van der Waals surface area (Å²) in [7, 11) is 0. The number of para-hydroxylation sites is 2. The van der Waals surface area contributed by atoms with E-state index < -0.39 is 5.97 Å². The van der Waals surface area contributed by atoms with Gasteiger partial charge in [-0.25, -0.2) is 0 Å². The van der Waals surface area contributed by atoms with Gasteiger partial charge in [-0.2, -0.15) is 0 Å². The lowest BCUT2D eigenvalue weighted by molar-refractivity contribution is -0.137. The van der Waals surface area contributed by atoms with Crippen LogP contribution in [0.5, 0.6) is 0 Å². The third kappa shape index (κ3) is 15.7. The highest BCUT2D eigenvalue weighted by molar-refractivity contribution is 5.88. The number of hydrogen-bond acceptors (Lipinski definition) is 5. The molecule has 0 bridgehead atoms. The van der Waals surface area contributed by atoms with Crippen molar-refractivity contribution in [3.63, 3.8) is 0 Å². The number of aliphatic carboxylic acids is 1. The number of fused-ring (bicyclic) bond motifs is 2. The molecule has 6 heteroatoms. The van der Waals surface area contributed by atoms with Gasteiger partial charge in [-0.15, -0.1) is 0 Å². The molecule has 0 radical (unpaired) electrons. The van der Waals surface area contributed by atoms with Crippen LogP contribution < -0.4 is 4.90 Å². The number of β-amino-alcohol motifs (C(OH)–C–C–N with tert-alkyl or cyclic N) is 1. The zero-order chi connectivity index (χ0) is 33.4. The monoisotopic (exact) mass is 645 g/mol. The summed E-state index contributed by atoms with van der Waals surface area (Å²) in [5.74, 6) is -0.664. The Morgan fingerprint density at radius 1 is 0.638 bits per heavy atom. The second-order valence-electron chi connectivity index (χ2n) is 13.1. The molecule has 0 saturated carbocycles. The fourth-order valence-electron chi connectivity index (χ4n) is 6.48. The predicted octanol–water partition coefficient (Wildman–Crippen LogP) is 9.42. The van der Waals surface area contributed by atoms with Crippen LogP contribution in [0.15, 0.2) is 60.7 Å². The van der Waals surface area contributed by atoms with E-state index in [-0.39, 0.29) is 6.61 Å². The minimum Gasteiger partial charge on any atom is -0.481 e. The van der Waals surface area contributed by atoms with Crippen LogP contribution in [-0.4, -0.2) is 78.4 Å². The lowest BCUT2D eigenvalue weighted by Gasteiger charge is -2.35. The Labute approximate surface area is 286 Å². The smallest absolute Gasteiger partial charge is 0.303 e. The number of carboxylic acid groups (broad SMARTS) is 1. The molecule has 0 atom stereocenters. The number of allylic oxidation sites excluding steroid dienone is 2. The maximum atomic E-state index is 10.3. The van der Waals surface area contributed by atoms with Gasteiger partial charge >= 0.3 is 5.97 Å². The first kappa shape index (κ1) is 38.5. The average molecular weight is 646 g/mol. The third-order valence-electron chi connectivity index (χ3n) is 9.29. The minimum absolute atomic E-state index is 0.266. The Morgan fingerprint density at radius 2 is 1.13 bits per heavy atom. The number of anilines is 2. The van der Waals surface area contributed by atoms with Gasteiger partial charge in [0.25, 0.3) is 0 Å². The van der Waals surface area contributed by atoms with Crippen LogP contribution in [0.25, 0.3) is 12.2 Å². The quantitative estimate of drug-likeness (QED) is 0.104. The van der Waals surface area contributed by atoms with Crippen molar-refractivity contribution in [2.75, 3.05) is 57.3 Å². The van der Waals surface area contributed by atoms with E-state index in [1.807, 2.05) is 0 Å². The summed E-state index contributed by atoms with van der Waals surface area (Å²) >= 11 is 0. The second kappa shape index (κ2) is 24.2. The Bertz CT molecular complexity index is 1120. The molecule has 2 aromatic carbocycles. The molecule has 2 aliphatic rings. The van der Waals surface area contributed by atoms with Crippen LogP contribution >= 0.6 is 0 Å². The van der Waals surface area contributed by atoms with Gasteiger partial charge in [0.2, 0.25) is 0 Å². The maximum Gasteiger partial charge on any atom is 0.303 e. The summed E-state index contributed by atoms with van der Waals surface area (Å²) < 4.78 is 0. The molecule has 0 aromatic heterocycles. The standard InChI is InChI=1S/C23H29N3O.C18H34O2/c27-19-18-25-16-14-24(15-17-25)12-5-13-26-22-8-3-1-6-20(22)10-11-21-7-2-4-9-23(21)26;1-2-3-4-5-6-7-8-9-10-11-12-13-14-15-16-17-18(19)20/h1-4,6-11,27H,5,12-19H2;9-10H,2-8,11-17H2,1H3,(H,19,20)/b;10-9-. The first-order chi connectivity index (χ1) is 23.1. The summed E-state index contributed by atoms with van der Waals surface area (Å²) in [6, 6.07) is 17.4. The number of nitrogens with zero attached hydrogens (tertiary/aromatic N) is 3. The molecule has 0 unspecified atom stereocenters. The fourth-order valence-corrected chi connectivity index (χ4v) is 6.48. The molecule has 2 heterocycles. The molecule has 260 valence electrons. The van der Waals surface area contributed by atoms with Crippen LogP contribution in [0.4, 0.5) is 11.4 Å². The molecule has 2 N–H and O–H groups in total. The van der Waals surface area contributed by atoms with Gasteiger partial charge in [-0.3, -0.25) is 9.69 Å². The molecule has 1 saturated heterocycles. The molecular formula is C41H63N3O3. The topological polar surface area (TPSA) is 67.2 Å². The number of carboxylic acids is 1. The number of benzene rings is 2. The van der Waals surface area contributed by atoms with Gasteiger partial charge < -0.3 is 20.0 Å². The number of rotatable bonds is 21. The summed E-state index contributed by atoms with van der Waals surface area (Å²) in [5, 5.41) is 17.6. The Kier molecular flexibility index (Phi) is 19.9. The number of piperazine rings is 1. The van der Waals surface area contributed by atoms with Gasteiger partial charge in [0.05, 0.1) is 6.61 Å². The number of carbonyl (C=O) groups is 1. The van der Waals surface area contributed by atoms with Crippen molar-refractivity contribution in [3.05, 3.63) is 71.8 Å². The van der Waals surface area contributed by atoms with Gasteiger partial charge in [-0.1, -0.05) is 119 Å². The highest BCUT2D eigenvalue weighted by Crippen LogP contribution is 2.36. The van der Waals surface area contributed by atoms with Crippen molar-refractivity contribution in [1.29, 1.82) is 0 Å². The van der Waals surface area contributed by atoms with E-state index in [2.05, 4.69) is 94.5 Å². The average Bonchev–Trinajstić information content (AvgIpc) is 3.24. The Morgan fingerprint density at radius 3 is 1.66 bits per heavy atom. The lowest BCUT2D eigenvalue weighted by Crippen LogP contribution is -2.47. The van der Waals surface area contributed by atoms with Crippen molar-refractivity contribution in [1.82, 2.24) is 9.80 Å². The summed E-state index contributed by atoms with van der Waals surface area (Å²) in [5.41, 5.74) is 5.16. The van der Waals surface area contributed by atoms with Crippen LogP contribution in [0.1, 0.15) is 114 Å². The van der Waals surface area contributed by atoms with E-state index in [0.29, 0.717) is 6.42 Å². The normalized spacial score (nSPS) is 14.8. The van der Waals surface area contributed by atoms with E-state index >= 15 is 0 Å². The Hall–Kier alpha value is -2.93. The van der Waals surface area contributed by atoms with Gasteiger partial charge in [0.1, 0.15) is 0 Å². The maximum absolute atomic E-state index is 10.3. The number of unbranched alkanes of at least 4 members (excludes halogenated alkanes) is 11. The zero-order valence-electron chi connectivity index (χ0n) is 29.3. The summed E-state index contributed by atoms with van der Waals surface area (Å²) in [6.07, 6.45) is 26.8. The van der Waals surface area contributed by atoms with E-state index in [4.69, 9.17) is 10.2 Å².